The summed E-state index contributed by atoms with van der Waals surface area (Å²) in [7, 11) is 0.747. The van der Waals surface area contributed by atoms with Crippen LogP contribution in [0.5, 0.6) is 0 Å². The Balaban J connectivity index is 2.67. The summed E-state index contributed by atoms with van der Waals surface area (Å²) in [6.07, 6.45) is 3.63. The highest BCUT2D eigenvalue weighted by Gasteiger charge is 1.96. The van der Waals surface area contributed by atoms with Crippen LogP contribution in [0.15, 0.2) is 18.5 Å². The maximum absolute atomic E-state index is 4.25. The number of hydrogen-bond donors (Lipinski definition) is 1. The topological polar surface area (TPSA) is 41.6 Å². The first-order chi connectivity index (χ1) is 5.40. The van der Waals surface area contributed by atoms with E-state index < -0.39 is 0 Å². The molecule has 2 aromatic rings. The average molecular weight is 165 g/mol. The molecule has 56 valence electrons. The van der Waals surface area contributed by atoms with Gasteiger partial charge in [0.25, 0.3) is 0 Å². The molecule has 2 rings (SSSR count). The second-order valence-electron chi connectivity index (χ2n) is 2.28. The van der Waals surface area contributed by atoms with E-state index in [2.05, 4.69) is 21.8 Å². The molecule has 0 radical (unpaired) electrons. The van der Waals surface area contributed by atoms with Crippen molar-refractivity contribution >= 4 is 24.9 Å². The summed E-state index contributed by atoms with van der Waals surface area (Å²) in [4.78, 5) is 4.25. The van der Waals surface area contributed by atoms with Crippen LogP contribution >= 0.6 is 8.58 Å². The van der Waals surface area contributed by atoms with Crippen molar-refractivity contribution in [3.63, 3.8) is 0 Å². The number of rotatable bonds is 1. The van der Waals surface area contributed by atoms with Crippen LogP contribution in [0.3, 0.4) is 0 Å². The van der Waals surface area contributed by atoms with Crippen molar-refractivity contribution in [2.45, 2.75) is 0 Å². The molecule has 0 spiro atoms. The lowest BCUT2D eigenvalue weighted by atomic mass is 10.3. The number of aromatic nitrogens is 3. The van der Waals surface area contributed by atoms with E-state index in [4.69, 9.17) is 0 Å². The lowest BCUT2D eigenvalue weighted by Gasteiger charge is -1.93. The third-order valence-electron chi connectivity index (χ3n) is 1.58. The molecule has 1 N–H and O–H groups in total. The zero-order valence-electron chi connectivity index (χ0n) is 6.13. The molecule has 0 saturated carbocycles. The Morgan fingerprint density at radius 2 is 2.36 bits per heavy atom. The standard InChI is InChI=1S/C7H8N3P/c1-11-7-2-6-5(3-8-7)4-9-10-6/h2-4,11H,1H3,(H,9,10). The fourth-order valence-electron chi connectivity index (χ4n) is 0.974. The van der Waals surface area contributed by atoms with Gasteiger partial charge in [-0.25, -0.2) is 0 Å². The Bertz CT molecular complexity index is 368. The molecule has 0 aliphatic heterocycles. The second-order valence-corrected chi connectivity index (χ2v) is 3.29. The maximum atomic E-state index is 4.25. The first-order valence-corrected chi connectivity index (χ1v) is 4.87. The molecule has 2 aromatic heterocycles. The van der Waals surface area contributed by atoms with Gasteiger partial charge in [-0.15, -0.1) is 0 Å². The molecule has 0 bridgehead atoms. The summed E-state index contributed by atoms with van der Waals surface area (Å²) in [5.41, 5.74) is 2.20. The fourth-order valence-corrected chi connectivity index (χ4v) is 1.46. The van der Waals surface area contributed by atoms with E-state index in [0.717, 1.165) is 24.9 Å². The van der Waals surface area contributed by atoms with Crippen molar-refractivity contribution in [3.8, 4) is 0 Å². The van der Waals surface area contributed by atoms with E-state index >= 15 is 0 Å². The molecule has 11 heavy (non-hydrogen) atoms. The van der Waals surface area contributed by atoms with E-state index in [-0.39, 0.29) is 0 Å². The Morgan fingerprint density at radius 3 is 3.18 bits per heavy atom. The van der Waals surface area contributed by atoms with Crippen molar-refractivity contribution < 1.29 is 0 Å². The summed E-state index contributed by atoms with van der Waals surface area (Å²) in [5, 5.41) is 7.90. The average Bonchev–Trinajstić information content (AvgIpc) is 2.50. The van der Waals surface area contributed by atoms with Gasteiger partial charge in [0.05, 0.1) is 17.1 Å². The first kappa shape index (κ1) is 6.74. The zero-order valence-corrected chi connectivity index (χ0v) is 7.13. The zero-order chi connectivity index (χ0) is 7.68. The molecule has 0 aromatic carbocycles. The Kier molecular flexibility index (Phi) is 1.59. The Labute approximate surface area is 66.0 Å². The highest BCUT2D eigenvalue weighted by atomic mass is 31.1. The van der Waals surface area contributed by atoms with Crippen molar-refractivity contribution in [3.05, 3.63) is 18.5 Å². The van der Waals surface area contributed by atoms with Crippen LogP contribution in [-0.4, -0.2) is 21.8 Å². The van der Waals surface area contributed by atoms with Gasteiger partial charge in [-0.2, -0.15) is 5.10 Å². The predicted molar refractivity (Wildman–Crippen MR) is 47.8 cm³/mol. The third kappa shape index (κ3) is 1.12. The van der Waals surface area contributed by atoms with Gasteiger partial charge in [-0.1, -0.05) is 8.58 Å². The molecule has 0 saturated heterocycles. The molecular formula is C7H8N3P. The molecule has 4 heteroatoms. The minimum Gasteiger partial charge on any atom is -0.278 e. The Morgan fingerprint density at radius 1 is 1.45 bits per heavy atom. The number of H-pyrrole nitrogens is 1. The van der Waals surface area contributed by atoms with Gasteiger partial charge in [-0.3, -0.25) is 10.1 Å². The second kappa shape index (κ2) is 2.59. The highest BCUT2D eigenvalue weighted by Crippen LogP contribution is 2.09. The van der Waals surface area contributed by atoms with Gasteiger partial charge >= 0.3 is 0 Å². The quantitative estimate of drug-likeness (QED) is 0.637. The molecule has 0 aliphatic rings. The third-order valence-corrected chi connectivity index (χ3v) is 2.37. The van der Waals surface area contributed by atoms with Crippen LogP contribution in [0.25, 0.3) is 10.9 Å². The van der Waals surface area contributed by atoms with Crippen LogP contribution in [-0.2, 0) is 0 Å². The fraction of sp³-hybridized carbons (Fsp3) is 0.143. The summed E-state index contributed by atoms with van der Waals surface area (Å²) >= 11 is 0. The first-order valence-electron chi connectivity index (χ1n) is 3.37. The normalized spacial score (nSPS) is 11.7. The van der Waals surface area contributed by atoms with Crippen molar-refractivity contribution in [1.82, 2.24) is 15.2 Å². The molecule has 1 unspecified atom stereocenters. The van der Waals surface area contributed by atoms with Crippen LogP contribution in [0.1, 0.15) is 0 Å². The number of fused-ring (bicyclic) bond motifs is 1. The summed E-state index contributed by atoms with van der Waals surface area (Å²) in [6, 6.07) is 2.04. The number of nitrogens with one attached hydrogen (secondary N) is 1. The van der Waals surface area contributed by atoms with E-state index in [1.165, 1.54) is 0 Å². The van der Waals surface area contributed by atoms with Crippen molar-refractivity contribution in [2.75, 3.05) is 6.66 Å². The van der Waals surface area contributed by atoms with Gasteiger partial charge in [0.1, 0.15) is 0 Å². The molecular weight excluding hydrogens is 157 g/mol. The van der Waals surface area contributed by atoms with Crippen LogP contribution in [0.2, 0.25) is 0 Å². The lowest BCUT2D eigenvalue weighted by molar-refractivity contribution is 1.12. The van der Waals surface area contributed by atoms with Crippen LogP contribution < -0.4 is 5.44 Å². The molecule has 0 aliphatic carbocycles. The number of nitrogens with zero attached hydrogens (tertiary/aromatic N) is 2. The van der Waals surface area contributed by atoms with Crippen molar-refractivity contribution in [2.24, 2.45) is 0 Å². The summed E-state index contributed by atoms with van der Waals surface area (Å²) < 4.78 is 0. The monoisotopic (exact) mass is 165 g/mol. The van der Waals surface area contributed by atoms with Gasteiger partial charge in [0, 0.05) is 11.6 Å². The molecule has 0 amide bonds. The van der Waals surface area contributed by atoms with E-state index in [9.17, 15) is 0 Å². The van der Waals surface area contributed by atoms with Gasteiger partial charge in [-0.05, 0) is 12.7 Å². The lowest BCUT2D eigenvalue weighted by Crippen LogP contribution is -1.97. The van der Waals surface area contributed by atoms with Gasteiger partial charge in [0.15, 0.2) is 0 Å². The summed E-state index contributed by atoms with van der Waals surface area (Å²) in [5.74, 6) is 0. The van der Waals surface area contributed by atoms with Gasteiger partial charge < -0.3 is 0 Å². The van der Waals surface area contributed by atoms with E-state index in [0.29, 0.717) is 0 Å². The predicted octanol–water partition coefficient (Wildman–Crippen LogP) is 0.891. The smallest absolute Gasteiger partial charge is 0.0687 e. The highest BCUT2D eigenvalue weighted by molar-refractivity contribution is 7.45. The van der Waals surface area contributed by atoms with E-state index in [1.54, 1.807) is 6.20 Å². The minimum atomic E-state index is 0.747. The largest absolute Gasteiger partial charge is 0.278 e. The van der Waals surface area contributed by atoms with Crippen LogP contribution in [0.4, 0.5) is 0 Å². The molecule has 0 fully saturated rings. The SMILES string of the molecule is CPc1cc2[nH]ncc2cn1. The minimum absolute atomic E-state index is 0.747. The number of pyridine rings is 1. The van der Waals surface area contributed by atoms with E-state index in [1.807, 2.05) is 12.3 Å². The van der Waals surface area contributed by atoms with Gasteiger partial charge in [0.2, 0.25) is 0 Å². The maximum Gasteiger partial charge on any atom is 0.0687 e. The molecule has 3 nitrogen and oxygen atoms in total. The number of hydrogen-bond acceptors (Lipinski definition) is 2. The van der Waals surface area contributed by atoms with Crippen LogP contribution in [0, 0.1) is 0 Å². The molecule has 2 heterocycles. The molecule has 1 atom stereocenters. The Hall–Kier alpha value is -0.950. The summed E-state index contributed by atoms with van der Waals surface area (Å²) in [6.45, 7) is 2.12. The van der Waals surface area contributed by atoms with Crippen molar-refractivity contribution in [1.29, 1.82) is 0 Å². The number of aromatic amines is 1.